The standard InChI is InChI=1S/C13H18N4O/c1-13(2,3)7-17-10(18)6-5-9-11(14-4)15-8-16-12(9)17/h5-6,8H,7H2,1-4H3,(H,14,15,16). The lowest BCUT2D eigenvalue weighted by Gasteiger charge is -2.20. The van der Waals surface area contributed by atoms with E-state index in [1.807, 2.05) is 0 Å². The first-order valence-corrected chi connectivity index (χ1v) is 5.95. The predicted molar refractivity (Wildman–Crippen MR) is 72.8 cm³/mol. The van der Waals surface area contributed by atoms with E-state index in [9.17, 15) is 4.79 Å². The molecule has 2 rings (SSSR count). The fourth-order valence-corrected chi connectivity index (χ4v) is 1.93. The number of rotatable bonds is 2. The fourth-order valence-electron chi connectivity index (χ4n) is 1.93. The zero-order valence-electron chi connectivity index (χ0n) is 11.2. The summed E-state index contributed by atoms with van der Waals surface area (Å²) in [6.07, 6.45) is 1.48. The minimum Gasteiger partial charge on any atom is -0.372 e. The van der Waals surface area contributed by atoms with Crippen LogP contribution in [0.3, 0.4) is 0 Å². The van der Waals surface area contributed by atoms with Gasteiger partial charge in [-0.1, -0.05) is 20.8 Å². The molecule has 0 spiro atoms. The van der Waals surface area contributed by atoms with Crippen LogP contribution in [0.15, 0.2) is 23.3 Å². The molecule has 0 fully saturated rings. The Balaban J connectivity index is 2.72. The molecule has 0 unspecified atom stereocenters. The van der Waals surface area contributed by atoms with Crippen LogP contribution in [0, 0.1) is 5.41 Å². The molecule has 5 heteroatoms. The lowest BCUT2D eigenvalue weighted by molar-refractivity contribution is 0.343. The highest BCUT2D eigenvalue weighted by atomic mass is 16.1. The number of nitrogens with one attached hydrogen (secondary N) is 1. The van der Waals surface area contributed by atoms with Gasteiger partial charge in [-0.2, -0.15) is 0 Å². The van der Waals surface area contributed by atoms with Crippen LogP contribution < -0.4 is 10.9 Å². The lowest BCUT2D eigenvalue weighted by Crippen LogP contribution is -2.27. The minimum absolute atomic E-state index is 0.0167. The topological polar surface area (TPSA) is 59.8 Å². The summed E-state index contributed by atoms with van der Waals surface area (Å²) in [6, 6.07) is 3.33. The maximum Gasteiger partial charge on any atom is 0.252 e. The van der Waals surface area contributed by atoms with Crippen LogP contribution in [0.5, 0.6) is 0 Å². The Bertz CT molecular complexity index is 625. The van der Waals surface area contributed by atoms with Gasteiger partial charge in [-0.15, -0.1) is 0 Å². The zero-order chi connectivity index (χ0) is 13.3. The average Bonchev–Trinajstić information content (AvgIpc) is 2.30. The van der Waals surface area contributed by atoms with Crippen molar-refractivity contribution in [2.45, 2.75) is 27.3 Å². The molecule has 0 saturated heterocycles. The van der Waals surface area contributed by atoms with Crippen molar-refractivity contribution >= 4 is 16.9 Å². The monoisotopic (exact) mass is 246 g/mol. The van der Waals surface area contributed by atoms with E-state index in [0.29, 0.717) is 12.2 Å². The summed E-state index contributed by atoms with van der Waals surface area (Å²) in [5.41, 5.74) is 0.665. The molecular weight excluding hydrogens is 228 g/mol. The summed E-state index contributed by atoms with van der Waals surface area (Å²) in [5, 5.41) is 3.88. The number of hydrogen-bond donors (Lipinski definition) is 1. The van der Waals surface area contributed by atoms with Gasteiger partial charge in [0.1, 0.15) is 17.8 Å². The fraction of sp³-hybridized carbons (Fsp3) is 0.462. The van der Waals surface area contributed by atoms with E-state index in [2.05, 4.69) is 36.1 Å². The first-order chi connectivity index (χ1) is 8.42. The molecule has 18 heavy (non-hydrogen) atoms. The Morgan fingerprint density at radius 3 is 2.61 bits per heavy atom. The van der Waals surface area contributed by atoms with Crippen molar-refractivity contribution in [1.29, 1.82) is 0 Å². The highest BCUT2D eigenvalue weighted by Gasteiger charge is 2.15. The first-order valence-electron chi connectivity index (χ1n) is 5.95. The molecule has 0 aliphatic carbocycles. The summed E-state index contributed by atoms with van der Waals surface area (Å²) >= 11 is 0. The number of anilines is 1. The third-order valence-corrected chi connectivity index (χ3v) is 2.65. The maximum absolute atomic E-state index is 12.0. The van der Waals surface area contributed by atoms with Crippen molar-refractivity contribution in [2.24, 2.45) is 5.41 Å². The molecule has 96 valence electrons. The van der Waals surface area contributed by atoms with Gasteiger partial charge >= 0.3 is 0 Å². The second kappa shape index (κ2) is 4.40. The molecule has 0 saturated carbocycles. The van der Waals surface area contributed by atoms with Gasteiger partial charge in [0.05, 0.1) is 5.39 Å². The van der Waals surface area contributed by atoms with Gasteiger partial charge < -0.3 is 5.32 Å². The molecule has 0 radical (unpaired) electrons. The number of fused-ring (bicyclic) bond motifs is 1. The van der Waals surface area contributed by atoms with E-state index in [-0.39, 0.29) is 11.0 Å². The first kappa shape index (κ1) is 12.5. The van der Waals surface area contributed by atoms with Crippen LogP contribution >= 0.6 is 0 Å². The predicted octanol–water partition coefficient (Wildman–Crippen LogP) is 1.88. The SMILES string of the molecule is CNc1ncnc2c1ccc(=O)n2CC(C)(C)C. The molecule has 0 aromatic carbocycles. The van der Waals surface area contributed by atoms with Crippen molar-refractivity contribution in [3.05, 3.63) is 28.8 Å². The molecule has 2 aromatic rings. The number of nitrogens with zero attached hydrogens (tertiary/aromatic N) is 3. The third-order valence-electron chi connectivity index (χ3n) is 2.65. The molecule has 0 aliphatic heterocycles. The van der Waals surface area contributed by atoms with Gasteiger partial charge in [0.2, 0.25) is 0 Å². The van der Waals surface area contributed by atoms with E-state index < -0.39 is 0 Å². The smallest absolute Gasteiger partial charge is 0.252 e. The molecule has 0 atom stereocenters. The highest BCUT2D eigenvalue weighted by molar-refractivity contribution is 5.86. The van der Waals surface area contributed by atoms with Gasteiger partial charge in [-0.25, -0.2) is 9.97 Å². The highest BCUT2D eigenvalue weighted by Crippen LogP contribution is 2.21. The second-order valence-electron chi connectivity index (χ2n) is 5.53. The number of hydrogen-bond acceptors (Lipinski definition) is 4. The van der Waals surface area contributed by atoms with Crippen molar-refractivity contribution in [1.82, 2.24) is 14.5 Å². The quantitative estimate of drug-likeness (QED) is 0.879. The molecule has 0 amide bonds. The molecule has 2 aromatic heterocycles. The van der Waals surface area contributed by atoms with Crippen LogP contribution in [-0.4, -0.2) is 21.6 Å². The van der Waals surface area contributed by atoms with Gasteiger partial charge in [-0.3, -0.25) is 9.36 Å². The summed E-state index contributed by atoms with van der Waals surface area (Å²) < 4.78 is 1.71. The van der Waals surface area contributed by atoms with Crippen LogP contribution in [0.2, 0.25) is 0 Å². The van der Waals surface area contributed by atoms with Crippen molar-refractivity contribution in [3.63, 3.8) is 0 Å². The second-order valence-corrected chi connectivity index (χ2v) is 5.53. The Hall–Kier alpha value is -1.91. The molecule has 1 N–H and O–H groups in total. The van der Waals surface area contributed by atoms with Gasteiger partial charge in [-0.05, 0) is 11.5 Å². The molecule has 5 nitrogen and oxygen atoms in total. The molecular formula is C13H18N4O. The third kappa shape index (κ3) is 2.34. The van der Waals surface area contributed by atoms with Crippen LogP contribution in [-0.2, 0) is 6.54 Å². The van der Waals surface area contributed by atoms with E-state index in [1.54, 1.807) is 23.7 Å². The average molecular weight is 246 g/mol. The minimum atomic E-state index is -0.0295. The normalized spacial score (nSPS) is 11.8. The summed E-state index contributed by atoms with van der Waals surface area (Å²) in [6.45, 7) is 6.92. The van der Waals surface area contributed by atoms with E-state index in [4.69, 9.17) is 0 Å². The molecule has 0 aliphatic rings. The summed E-state index contributed by atoms with van der Waals surface area (Å²) in [4.78, 5) is 20.4. The van der Waals surface area contributed by atoms with E-state index in [1.165, 1.54) is 6.33 Å². The lowest BCUT2D eigenvalue weighted by atomic mass is 9.97. The Kier molecular flexibility index (Phi) is 3.07. The van der Waals surface area contributed by atoms with Crippen LogP contribution in [0.25, 0.3) is 11.0 Å². The summed E-state index contributed by atoms with van der Waals surface area (Å²) in [5.74, 6) is 0.739. The van der Waals surface area contributed by atoms with Crippen molar-refractivity contribution in [3.8, 4) is 0 Å². The van der Waals surface area contributed by atoms with Crippen molar-refractivity contribution in [2.75, 3.05) is 12.4 Å². The Labute approximate surface area is 106 Å². The van der Waals surface area contributed by atoms with Crippen LogP contribution in [0.4, 0.5) is 5.82 Å². The van der Waals surface area contributed by atoms with Gasteiger partial charge in [0.15, 0.2) is 0 Å². The summed E-state index contributed by atoms with van der Waals surface area (Å²) in [7, 11) is 1.81. The van der Waals surface area contributed by atoms with Gasteiger partial charge in [0.25, 0.3) is 5.56 Å². The molecule has 0 bridgehead atoms. The van der Waals surface area contributed by atoms with Crippen LogP contribution in [0.1, 0.15) is 20.8 Å². The zero-order valence-corrected chi connectivity index (χ0v) is 11.2. The number of aromatic nitrogens is 3. The largest absolute Gasteiger partial charge is 0.372 e. The Morgan fingerprint density at radius 1 is 1.28 bits per heavy atom. The number of pyridine rings is 1. The van der Waals surface area contributed by atoms with E-state index in [0.717, 1.165) is 11.2 Å². The van der Waals surface area contributed by atoms with E-state index >= 15 is 0 Å². The van der Waals surface area contributed by atoms with Crippen molar-refractivity contribution < 1.29 is 0 Å². The Morgan fingerprint density at radius 2 is 2.00 bits per heavy atom. The molecule has 2 heterocycles. The van der Waals surface area contributed by atoms with Gasteiger partial charge in [0, 0.05) is 19.7 Å². The maximum atomic E-state index is 12.0.